The van der Waals surface area contributed by atoms with Crippen molar-refractivity contribution < 1.29 is 9.32 Å². The summed E-state index contributed by atoms with van der Waals surface area (Å²) in [5, 5.41) is 6.62. The second kappa shape index (κ2) is 7.02. The van der Waals surface area contributed by atoms with Gasteiger partial charge < -0.3 is 14.4 Å². The topological polar surface area (TPSA) is 85.8 Å². The van der Waals surface area contributed by atoms with Crippen LogP contribution in [0.1, 0.15) is 16.2 Å². The van der Waals surface area contributed by atoms with Crippen LogP contribution in [0.3, 0.4) is 0 Å². The van der Waals surface area contributed by atoms with Crippen LogP contribution in [-0.4, -0.2) is 25.6 Å². The Bertz CT molecular complexity index is 992. The first-order chi connectivity index (χ1) is 12.8. The Kier molecular flexibility index (Phi) is 4.26. The van der Waals surface area contributed by atoms with Gasteiger partial charge in [0.25, 0.3) is 0 Å². The highest BCUT2D eigenvalue weighted by atomic mass is 16.5. The first-order valence-electron chi connectivity index (χ1n) is 8.04. The lowest BCUT2D eigenvalue weighted by Gasteiger charge is -2.02. The van der Waals surface area contributed by atoms with E-state index in [1.807, 2.05) is 65.5 Å². The summed E-state index contributed by atoms with van der Waals surface area (Å²) in [5.74, 6) is -0.120. The number of nitrogens with zero attached hydrogens (tertiary/aromatic N) is 4. The fraction of sp³-hybridized carbons (Fsp3) is 0.0526. The predicted molar refractivity (Wildman–Crippen MR) is 94.5 cm³/mol. The fourth-order valence-electron chi connectivity index (χ4n) is 2.48. The Balaban J connectivity index is 1.44. The Morgan fingerprint density at radius 3 is 2.62 bits per heavy atom. The minimum atomic E-state index is -0.420. The molecule has 3 heterocycles. The van der Waals surface area contributed by atoms with E-state index < -0.39 is 5.91 Å². The lowest BCUT2D eigenvalue weighted by atomic mass is 10.2. The number of carbonyl (C=O) groups is 1. The Morgan fingerprint density at radius 1 is 1.08 bits per heavy atom. The van der Waals surface area contributed by atoms with Crippen molar-refractivity contribution in [2.45, 2.75) is 6.54 Å². The van der Waals surface area contributed by atoms with Crippen LogP contribution in [0, 0.1) is 0 Å². The molecule has 0 fully saturated rings. The molecule has 7 heteroatoms. The Morgan fingerprint density at radius 2 is 1.88 bits per heavy atom. The third-order valence-corrected chi connectivity index (χ3v) is 3.82. The zero-order valence-electron chi connectivity index (χ0n) is 13.7. The number of pyridine rings is 1. The molecule has 0 aliphatic carbocycles. The molecule has 26 heavy (non-hydrogen) atoms. The molecule has 0 atom stereocenters. The molecule has 3 aromatic heterocycles. The second-order valence-electron chi connectivity index (χ2n) is 5.60. The van der Waals surface area contributed by atoms with Crippen molar-refractivity contribution in [1.29, 1.82) is 0 Å². The van der Waals surface area contributed by atoms with Crippen LogP contribution in [0.5, 0.6) is 0 Å². The molecule has 0 radical (unpaired) electrons. The molecule has 1 amide bonds. The predicted octanol–water partition coefficient (Wildman–Crippen LogP) is 2.85. The summed E-state index contributed by atoms with van der Waals surface area (Å²) in [6.07, 6.45) is 7.30. The highest BCUT2D eigenvalue weighted by Crippen LogP contribution is 2.18. The zero-order chi connectivity index (χ0) is 17.8. The molecule has 0 saturated heterocycles. The number of amides is 1. The summed E-state index contributed by atoms with van der Waals surface area (Å²) in [6, 6.07) is 15.3. The van der Waals surface area contributed by atoms with Gasteiger partial charge in [0.15, 0.2) is 0 Å². The van der Waals surface area contributed by atoms with Crippen molar-refractivity contribution in [2.24, 2.45) is 0 Å². The average molecular weight is 345 g/mol. The van der Waals surface area contributed by atoms with Crippen LogP contribution in [0.4, 0.5) is 0 Å². The molecule has 128 valence electrons. The molecular formula is C19H15N5O2. The van der Waals surface area contributed by atoms with E-state index in [0.717, 1.165) is 16.8 Å². The van der Waals surface area contributed by atoms with Gasteiger partial charge >= 0.3 is 11.8 Å². The summed E-state index contributed by atoms with van der Waals surface area (Å²) in [5.41, 5.74) is 2.69. The van der Waals surface area contributed by atoms with Crippen LogP contribution < -0.4 is 5.32 Å². The summed E-state index contributed by atoms with van der Waals surface area (Å²) in [4.78, 5) is 20.3. The molecule has 1 aromatic carbocycles. The summed E-state index contributed by atoms with van der Waals surface area (Å²) >= 11 is 0. The number of nitrogens with one attached hydrogen (secondary N) is 1. The minimum Gasteiger partial charge on any atom is -0.344 e. The van der Waals surface area contributed by atoms with Gasteiger partial charge in [0.1, 0.15) is 0 Å². The molecule has 7 nitrogen and oxygen atoms in total. The summed E-state index contributed by atoms with van der Waals surface area (Å²) in [7, 11) is 0. The molecule has 4 rings (SSSR count). The maximum absolute atomic E-state index is 12.1. The molecule has 0 aliphatic rings. The molecule has 1 N–H and O–H groups in total. The summed E-state index contributed by atoms with van der Waals surface area (Å²) in [6.45, 7) is 0.343. The van der Waals surface area contributed by atoms with Crippen molar-refractivity contribution >= 4 is 5.91 Å². The normalized spacial score (nSPS) is 10.6. The van der Waals surface area contributed by atoms with Crippen LogP contribution in [0.25, 0.3) is 17.1 Å². The molecule has 0 saturated carbocycles. The third kappa shape index (κ3) is 3.36. The van der Waals surface area contributed by atoms with Gasteiger partial charge in [-0.1, -0.05) is 11.2 Å². The number of hydrogen-bond donors (Lipinski definition) is 1. The minimum absolute atomic E-state index is 0.0709. The van der Waals surface area contributed by atoms with Crippen LogP contribution in [0.2, 0.25) is 0 Å². The van der Waals surface area contributed by atoms with Gasteiger partial charge in [-0.2, -0.15) is 4.98 Å². The van der Waals surface area contributed by atoms with E-state index in [-0.39, 0.29) is 5.89 Å². The smallest absolute Gasteiger partial charge is 0.316 e. The van der Waals surface area contributed by atoms with Crippen LogP contribution in [-0.2, 0) is 6.54 Å². The monoisotopic (exact) mass is 345 g/mol. The number of hydrogen-bond acceptors (Lipinski definition) is 5. The van der Waals surface area contributed by atoms with Gasteiger partial charge in [0.05, 0.1) is 0 Å². The van der Waals surface area contributed by atoms with Crippen LogP contribution in [0.15, 0.2) is 77.8 Å². The van der Waals surface area contributed by atoms with E-state index in [4.69, 9.17) is 4.52 Å². The largest absolute Gasteiger partial charge is 0.344 e. The van der Waals surface area contributed by atoms with E-state index in [1.165, 1.54) is 0 Å². The van der Waals surface area contributed by atoms with E-state index in [0.29, 0.717) is 12.4 Å². The quantitative estimate of drug-likeness (QED) is 0.601. The molecule has 0 aliphatic heterocycles. The van der Waals surface area contributed by atoms with E-state index in [9.17, 15) is 4.79 Å². The third-order valence-electron chi connectivity index (χ3n) is 3.82. The molecule has 0 spiro atoms. The number of benzene rings is 1. The van der Waals surface area contributed by atoms with Gasteiger partial charge in [-0.3, -0.25) is 9.78 Å². The maximum atomic E-state index is 12.1. The lowest BCUT2D eigenvalue weighted by molar-refractivity contribution is 0.0907. The highest BCUT2D eigenvalue weighted by molar-refractivity contribution is 5.89. The van der Waals surface area contributed by atoms with Gasteiger partial charge in [0.2, 0.25) is 5.82 Å². The number of carbonyl (C=O) groups excluding carboxylic acids is 1. The van der Waals surface area contributed by atoms with Crippen molar-refractivity contribution in [1.82, 2.24) is 25.0 Å². The first-order valence-corrected chi connectivity index (χ1v) is 8.04. The number of rotatable bonds is 5. The average Bonchev–Trinajstić information content (AvgIpc) is 3.39. The molecule has 0 bridgehead atoms. The van der Waals surface area contributed by atoms with Crippen molar-refractivity contribution in [3.63, 3.8) is 0 Å². The van der Waals surface area contributed by atoms with E-state index in [1.54, 1.807) is 12.4 Å². The second-order valence-corrected chi connectivity index (χ2v) is 5.60. The van der Waals surface area contributed by atoms with E-state index >= 15 is 0 Å². The van der Waals surface area contributed by atoms with Gasteiger partial charge in [-0.15, -0.1) is 0 Å². The SMILES string of the molecule is O=C(NCc1cccnc1)c1nc(-c2ccc(-n3cccc3)cc2)no1. The van der Waals surface area contributed by atoms with E-state index in [2.05, 4.69) is 20.4 Å². The molecular weight excluding hydrogens is 330 g/mol. The van der Waals surface area contributed by atoms with Crippen molar-refractivity contribution in [2.75, 3.05) is 0 Å². The lowest BCUT2D eigenvalue weighted by Crippen LogP contribution is -2.23. The Hall–Kier alpha value is -3.74. The fourth-order valence-corrected chi connectivity index (χ4v) is 2.48. The van der Waals surface area contributed by atoms with Crippen molar-refractivity contribution in [3.05, 3.63) is 84.8 Å². The molecule has 4 aromatic rings. The standard InChI is InChI=1S/C19H15N5O2/c25-18(21-13-14-4-3-9-20-12-14)19-22-17(23-26-19)15-5-7-16(8-6-15)24-10-1-2-11-24/h1-12H,13H2,(H,21,25). The van der Waals surface area contributed by atoms with Gasteiger partial charge in [-0.05, 0) is 48.0 Å². The van der Waals surface area contributed by atoms with Gasteiger partial charge in [0, 0.05) is 42.6 Å². The maximum Gasteiger partial charge on any atom is 0.316 e. The van der Waals surface area contributed by atoms with Gasteiger partial charge in [-0.25, -0.2) is 0 Å². The summed E-state index contributed by atoms with van der Waals surface area (Å²) < 4.78 is 7.08. The first kappa shape index (κ1) is 15.8. The number of aromatic nitrogens is 4. The van der Waals surface area contributed by atoms with Crippen LogP contribution >= 0.6 is 0 Å². The zero-order valence-corrected chi connectivity index (χ0v) is 13.7. The highest BCUT2D eigenvalue weighted by Gasteiger charge is 2.16. The molecule has 0 unspecified atom stereocenters. The van der Waals surface area contributed by atoms with Crippen molar-refractivity contribution in [3.8, 4) is 17.1 Å². The Labute approximate surface area is 149 Å².